The van der Waals surface area contributed by atoms with Gasteiger partial charge in [0.1, 0.15) is 6.04 Å². The first kappa shape index (κ1) is 17.0. The van der Waals surface area contributed by atoms with E-state index in [4.69, 9.17) is 4.74 Å². The fourth-order valence-electron chi connectivity index (χ4n) is 4.03. The molecule has 1 fully saturated rings. The van der Waals surface area contributed by atoms with Crippen LogP contribution in [0, 0.1) is 5.92 Å². The lowest BCUT2D eigenvalue weighted by atomic mass is 9.82. The number of nitrogens with zero attached hydrogens (tertiary/aromatic N) is 1. The van der Waals surface area contributed by atoms with Crippen LogP contribution < -0.4 is 0 Å². The Morgan fingerprint density at radius 2 is 1.96 bits per heavy atom. The summed E-state index contributed by atoms with van der Waals surface area (Å²) in [5, 5.41) is 0. The van der Waals surface area contributed by atoms with Gasteiger partial charge in [0.15, 0.2) is 0 Å². The highest BCUT2D eigenvalue weighted by Crippen LogP contribution is 2.29. The van der Waals surface area contributed by atoms with Crippen molar-refractivity contribution in [2.24, 2.45) is 5.92 Å². The minimum Gasteiger partial charge on any atom is -0.464 e. The number of carbonyl (C=O) groups excluding carboxylic acids is 2. The van der Waals surface area contributed by atoms with Gasteiger partial charge in [0.05, 0.1) is 6.61 Å². The second-order valence-electron chi connectivity index (χ2n) is 6.93. The minimum atomic E-state index is -0.373. The summed E-state index contributed by atoms with van der Waals surface area (Å²) >= 11 is 0. The van der Waals surface area contributed by atoms with Gasteiger partial charge in [-0.05, 0) is 62.5 Å². The van der Waals surface area contributed by atoms with Crippen molar-refractivity contribution in [1.82, 2.24) is 4.90 Å². The van der Waals surface area contributed by atoms with Crippen molar-refractivity contribution < 1.29 is 14.3 Å². The number of rotatable bonds is 4. The standard InChI is InChI=1S/C20H27NO3/c1-2-24-20(23)18-9-5-6-12-21(18)19(22)14-15-10-11-16-7-3-4-8-17(16)13-15/h3-4,7-8,15,18H,2,5-6,9-14H2,1H3. The lowest BCUT2D eigenvalue weighted by Gasteiger charge is -2.35. The highest BCUT2D eigenvalue weighted by atomic mass is 16.5. The molecule has 0 N–H and O–H groups in total. The number of aryl methyl sites for hydroxylation is 1. The van der Waals surface area contributed by atoms with Crippen LogP contribution in [0.1, 0.15) is 50.2 Å². The predicted molar refractivity (Wildman–Crippen MR) is 92.6 cm³/mol. The molecule has 4 heteroatoms. The van der Waals surface area contributed by atoms with E-state index in [-0.39, 0.29) is 17.9 Å². The van der Waals surface area contributed by atoms with Crippen molar-refractivity contribution in [3.63, 3.8) is 0 Å². The van der Waals surface area contributed by atoms with E-state index < -0.39 is 0 Å². The molecule has 0 spiro atoms. The van der Waals surface area contributed by atoms with Crippen LogP contribution in [0.5, 0.6) is 0 Å². The zero-order chi connectivity index (χ0) is 16.9. The quantitative estimate of drug-likeness (QED) is 0.797. The summed E-state index contributed by atoms with van der Waals surface area (Å²) < 4.78 is 5.17. The number of benzene rings is 1. The topological polar surface area (TPSA) is 46.6 Å². The predicted octanol–water partition coefficient (Wildman–Crippen LogP) is 3.13. The van der Waals surface area contributed by atoms with Crippen molar-refractivity contribution in [3.8, 4) is 0 Å². The third kappa shape index (κ3) is 3.80. The van der Waals surface area contributed by atoms with Crippen molar-refractivity contribution in [2.45, 2.75) is 57.9 Å². The highest BCUT2D eigenvalue weighted by molar-refractivity contribution is 5.85. The summed E-state index contributed by atoms with van der Waals surface area (Å²) in [4.78, 5) is 26.7. The number of ether oxygens (including phenoxy) is 1. The number of likely N-dealkylation sites (tertiary alicyclic amines) is 1. The largest absolute Gasteiger partial charge is 0.464 e. The Balaban J connectivity index is 1.62. The third-order valence-electron chi connectivity index (χ3n) is 5.29. The van der Waals surface area contributed by atoms with Gasteiger partial charge in [0, 0.05) is 13.0 Å². The maximum atomic E-state index is 12.8. The van der Waals surface area contributed by atoms with Crippen LogP contribution >= 0.6 is 0 Å². The van der Waals surface area contributed by atoms with Gasteiger partial charge < -0.3 is 9.64 Å². The highest BCUT2D eigenvalue weighted by Gasteiger charge is 2.34. The average Bonchev–Trinajstić information content (AvgIpc) is 2.62. The van der Waals surface area contributed by atoms with Gasteiger partial charge in [-0.3, -0.25) is 4.79 Å². The fourth-order valence-corrected chi connectivity index (χ4v) is 4.03. The van der Waals surface area contributed by atoms with Gasteiger partial charge in [0.2, 0.25) is 5.91 Å². The van der Waals surface area contributed by atoms with Crippen LogP contribution in [0.3, 0.4) is 0 Å². The molecule has 1 aromatic carbocycles. The van der Waals surface area contributed by atoms with Gasteiger partial charge >= 0.3 is 5.97 Å². The summed E-state index contributed by atoms with van der Waals surface area (Å²) in [6, 6.07) is 8.15. The first-order chi connectivity index (χ1) is 11.7. The van der Waals surface area contributed by atoms with Crippen molar-refractivity contribution in [3.05, 3.63) is 35.4 Å². The minimum absolute atomic E-state index is 0.122. The van der Waals surface area contributed by atoms with Crippen LogP contribution in [0.15, 0.2) is 24.3 Å². The molecule has 2 aliphatic rings. The van der Waals surface area contributed by atoms with E-state index in [2.05, 4.69) is 24.3 Å². The van der Waals surface area contributed by atoms with Gasteiger partial charge in [-0.2, -0.15) is 0 Å². The van der Waals surface area contributed by atoms with Gasteiger partial charge in [-0.1, -0.05) is 24.3 Å². The monoisotopic (exact) mass is 329 g/mol. The zero-order valence-electron chi connectivity index (χ0n) is 14.5. The maximum Gasteiger partial charge on any atom is 0.328 e. The molecule has 4 nitrogen and oxygen atoms in total. The molecule has 2 atom stereocenters. The Kier molecular flexibility index (Phi) is 5.54. The molecule has 1 saturated heterocycles. The number of hydrogen-bond acceptors (Lipinski definition) is 3. The van der Waals surface area contributed by atoms with Crippen LogP contribution in [0.25, 0.3) is 0 Å². The van der Waals surface area contributed by atoms with E-state index >= 15 is 0 Å². The first-order valence-electron chi connectivity index (χ1n) is 9.22. The van der Waals surface area contributed by atoms with Crippen molar-refractivity contribution in [1.29, 1.82) is 0 Å². The Morgan fingerprint density at radius 3 is 2.75 bits per heavy atom. The summed E-state index contributed by atoms with van der Waals surface area (Å²) in [6.07, 6.45) is 6.33. The van der Waals surface area contributed by atoms with Crippen molar-refractivity contribution in [2.75, 3.05) is 13.2 Å². The second-order valence-corrected chi connectivity index (χ2v) is 6.93. The van der Waals surface area contributed by atoms with E-state index in [1.54, 1.807) is 4.90 Å². The summed E-state index contributed by atoms with van der Waals surface area (Å²) in [6.45, 7) is 2.87. The third-order valence-corrected chi connectivity index (χ3v) is 5.29. The molecule has 2 unspecified atom stereocenters. The molecular formula is C20H27NO3. The zero-order valence-corrected chi connectivity index (χ0v) is 14.5. The Morgan fingerprint density at radius 1 is 1.17 bits per heavy atom. The smallest absolute Gasteiger partial charge is 0.328 e. The molecule has 24 heavy (non-hydrogen) atoms. The molecule has 1 heterocycles. The number of esters is 1. The van der Waals surface area contributed by atoms with E-state index in [1.165, 1.54) is 11.1 Å². The normalized spacial score (nSPS) is 23.5. The van der Waals surface area contributed by atoms with Crippen LogP contribution in [-0.4, -0.2) is 36.0 Å². The summed E-state index contributed by atoms with van der Waals surface area (Å²) in [5.74, 6) is 0.272. The molecule has 0 bridgehead atoms. The Labute approximate surface area is 144 Å². The van der Waals surface area contributed by atoms with E-state index in [1.807, 2.05) is 6.92 Å². The van der Waals surface area contributed by atoms with Crippen LogP contribution in [0.4, 0.5) is 0 Å². The molecule has 0 saturated carbocycles. The second kappa shape index (κ2) is 7.82. The summed E-state index contributed by atoms with van der Waals surface area (Å²) in [5.41, 5.74) is 2.80. The van der Waals surface area contributed by atoms with Crippen LogP contribution in [-0.2, 0) is 27.2 Å². The first-order valence-corrected chi connectivity index (χ1v) is 9.22. The maximum absolute atomic E-state index is 12.8. The number of piperidine rings is 1. The van der Waals surface area contributed by atoms with E-state index in [9.17, 15) is 9.59 Å². The van der Waals surface area contributed by atoms with E-state index in [0.717, 1.165) is 38.5 Å². The molecule has 0 radical (unpaired) electrons. The molecule has 3 rings (SSSR count). The molecule has 130 valence electrons. The summed E-state index contributed by atoms with van der Waals surface area (Å²) in [7, 11) is 0. The Bertz CT molecular complexity index is 598. The molecule has 0 aromatic heterocycles. The average molecular weight is 329 g/mol. The fraction of sp³-hybridized carbons (Fsp3) is 0.600. The molecule has 1 aliphatic carbocycles. The Hall–Kier alpha value is -1.84. The molecular weight excluding hydrogens is 302 g/mol. The molecule has 1 amide bonds. The van der Waals surface area contributed by atoms with E-state index in [0.29, 0.717) is 25.5 Å². The van der Waals surface area contributed by atoms with Crippen molar-refractivity contribution >= 4 is 11.9 Å². The lowest BCUT2D eigenvalue weighted by Crippen LogP contribution is -2.49. The SMILES string of the molecule is CCOC(=O)C1CCCCN1C(=O)CC1CCc2ccccc2C1. The lowest BCUT2D eigenvalue weighted by molar-refractivity contribution is -0.157. The van der Waals surface area contributed by atoms with Gasteiger partial charge in [0.25, 0.3) is 0 Å². The molecule has 1 aliphatic heterocycles. The number of hydrogen-bond donors (Lipinski definition) is 0. The molecule has 1 aromatic rings. The number of carbonyl (C=O) groups is 2. The number of fused-ring (bicyclic) bond motifs is 1. The number of amides is 1. The van der Waals surface area contributed by atoms with Gasteiger partial charge in [-0.25, -0.2) is 4.79 Å². The van der Waals surface area contributed by atoms with Crippen LogP contribution in [0.2, 0.25) is 0 Å². The van der Waals surface area contributed by atoms with Gasteiger partial charge in [-0.15, -0.1) is 0 Å².